The van der Waals surface area contributed by atoms with Crippen molar-refractivity contribution in [2.45, 2.75) is 46.0 Å². The van der Waals surface area contributed by atoms with Gasteiger partial charge in [0, 0.05) is 0 Å². The zero-order valence-electron chi connectivity index (χ0n) is 12.7. The highest BCUT2D eigenvalue weighted by Gasteiger charge is 2.12. The highest BCUT2D eigenvalue weighted by atomic mass is 14.2. The molecular formula is C19H24. The Bertz CT molecular complexity index is 522. The number of rotatable bonds is 2. The van der Waals surface area contributed by atoms with Crippen molar-refractivity contribution in [2.24, 2.45) is 0 Å². The van der Waals surface area contributed by atoms with E-state index in [0.717, 1.165) is 0 Å². The summed E-state index contributed by atoms with van der Waals surface area (Å²) in [7, 11) is 0. The molecule has 0 heteroatoms. The van der Waals surface area contributed by atoms with E-state index >= 15 is 0 Å². The van der Waals surface area contributed by atoms with Gasteiger partial charge in [0.2, 0.25) is 0 Å². The first kappa shape index (κ1) is 13.9. The highest BCUT2D eigenvalue weighted by Crippen LogP contribution is 2.27. The van der Waals surface area contributed by atoms with E-state index < -0.39 is 0 Å². The van der Waals surface area contributed by atoms with Crippen LogP contribution in [0.2, 0.25) is 0 Å². The van der Waals surface area contributed by atoms with Crippen molar-refractivity contribution in [3.8, 4) is 11.1 Å². The molecule has 2 aromatic carbocycles. The summed E-state index contributed by atoms with van der Waals surface area (Å²) < 4.78 is 0. The van der Waals surface area contributed by atoms with Gasteiger partial charge in [-0.05, 0) is 33.6 Å². The summed E-state index contributed by atoms with van der Waals surface area (Å²) >= 11 is 0. The van der Waals surface area contributed by atoms with Crippen LogP contribution in [0.4, 0.5) is 0 Å². The van der Waals surface area contributed by atoms with Crippen LogP contribution in [0, 0.1) is 0 Å². The van der Waals surface area contributed by atoms with E-state index in [0.29, 0.717) is 5.92 Å². The Labute approximate surface area is 117 Å². The molecule has 100 valence electrons. The molecule has 0 aromatic heterocycles. The third-order valence-electron chi connectivity index (χ3n) is 3.66. The van der Waals surface area contributed by atoms with Gasteiger partial charge in [0.25, 0.3) is 0 Å². The lowest BCUT2D eigenvalue weighted by Crippen LogP contribution is -2.10. The van der Waals surface area contributed by atoms with Gasteiger partial charge in [-0.25, -0.2) is 0 Å². The van der Waals surface area contributed by atoms with Crippen molar-refractivity contribution >= 4 is 0 Å². The summed E-state index contributed by atoms with van der Waals surface area (Å²) in [5.74, 6) is 0.595. The minimum Gasteiger partial charge on any atom is -0.0587 e. The van der Waals surface area contributed by atoms with Gasteiger partial charge in [-0.1, -0.05) is 83.1 Å². The van der Waals surface area contributed by atoms with E-state index in [1.165, 1.54) is 22.3 Å². The molecule has 0 spiro atoms. The fourth-order valence-corrected chi connectivity index (χ4v) is 2.22. The molecule has 0 bridgehead atoms. The molecule has 0 aliphatic rings. The fourth-order valence-electron chi connectivity index (χ4n) is 2.22. The average Bonchev–Trinajstić information content (AvgIpc) is 2.38. The van der Waals surface area contributed by atoms with Gasteiger partial charge >= 0.3 is 0 Å². The molecule has 0 radical (unpaired) electrons. The van der Waals surface area contributed by atoms with E-state index in [-0.39, 0.29) is 5.41 Å². The minimum atomic E-state index is 0.222. The van der Waals surface area contributed by atoms with Gasteiger partial charge in [0.15, 0.2) is 0 Å². The van der Waals surface area contributed by atoms with Gasteiger partial charge in [0.05, 0.1) is 0 Å². The zero-order valence-corrected chi connectivity index (χ0v) is 12.7. The molecule has 0 heterocycles. The molecule has 0 saturated heterocycles. The Morgan fingerprint density at radius 2 is 1.11 bits per heavy atom. The van der Waals surface area contributed by atoms with Crippen molar-refractivity contribution in [1.29, 1.82) is 0 Å². The Balaban J connectivity index is 2.27. The van der Waals surface area contributed by atoms with Crippen LogP contribution >= 0.6 is 0 Å². The van der Waals surface area contributed by atoms with Crippen molar-refractivity contribution in [1.82, 2.24) is 0 Å². The predicted molar refractivity (Wildman–Crippen MR) is 84.7 cm³/mol. The molecule has 0 N–H and O–H groups in total. The Kier molecular flexibility index (Phi) is 3.80. The van der Waals surface area contributed by atoms with Gasteiger partial charge in [-0.15, -0.1) is 0 Å². The zero-order chi connectivity index (χ0) is 14.0. The van der Waals surface area contributed by atoms with Crippen LogP contribution in [0.5, 0.6) is 0 Å². The van der Waals surface area contributed by atoms with Crippen LogP contribution in [0.25, 0.3) is 11.1 Å². The minimum absolute atomic E-state index is 0.222. The normalized spacial score (nSPS) is 11.9. The lowest BCUT2D eigenvalue weighted by molar-refractivity contribution is 0.590. The summed E-state index contributed by atoms with van der Waals surface area (Å²) in [6, 6.07) is 17.9. The third kappa shape index (κ3) is 3.26. The quantitative estimate of drug-likeness (QED) is 0.636. The average molecular weight is 252 g/mol. The molecule has 2 aromatic rings. The lowest BCUT2D eigenvalue weighted by atomic mass is 9.86. The second-order valence-corrected chi connectivity index (χ2v) is 6.60. The van der Waals surface area contributed by atoms with E-state index in [1.54, 1.807) is 0 Å². The second kappa shape index (κ2) is 5.21. The standard InChI is InChI=1S/C19H24/c1-14(2)15-6-8-16(9-7-15)17-10-12-18(13-11-17)19(3,4)5/h6-14H,1-5H3. The second-order valence-electron chi connectivity index (χ2n) is 6.60. The van der Waals surface area contributed by atoms with E-state index in [4.69, 9.17) is 0 Å². The molecule has 0 amide bonds. The Morgan fingerprint density at radius 1 is 0.684 bits per heavy atom. The van der Waals surface area contributed by atoms with Gasteiger partial charge in [-0.3, -0.25) is 0 Å². The number of benzene rings is 2. The van der Waals surface area contributed by atoms with Gasteiger partial charge in [0.1, 0.15) is 0 Å². The molecule has 0 unspecified atom stereocenters. The molecule has 19 heavy (non-hydrogen) atoms. The maximum absolute atomic E-state index is 2.25. The molecule has 2 rings (SSSR count). The summed E-state index contributed by atoms with van der Waals surface area (Å²) in [5.41, 5.74) is 5.60. The van der Waals surface area contributed by atoms with Gasteiger partial charge in [-0.2, -0.15) is 0 Å². The van der Waals surface area contributed by atoms with Crippen LogP contribution in [0.1, 0.15) is 51.7 Å². The summed E-state index contributed by atoms with van der Waals surface area (Å²) in [5, 5.41) is 0. The highest BCUT2D eigenvalue weighted by molar-refractivity contribution is 5.64. The number of hydrogen-bond donors (Lipinski definition) is 0. The maximum Gasteiger partial charge on any atom is -0.0132 e. The summed E-state index contributed by atoms with van der Waals surface area (Å²) in [4.78, 5) is 0. The molecule has 0 saturated carbocycles. The SMILES string of the molecule is CC(C)c1ccc(-c2ccc(C(C)(C)C)cc2)cc1. The van der Waals surface area contributed by atoms with Crippen LogP contribution in [0.15, 0.2) is 48.5 Å². The molecule has 0 aliphatic carbocycles. The van der Waals surface area contributed by atoms with Crippen LogP contribution in [0.3, 0.4) is 0 Å². The maximum atomic E-state index is 2.25. The van der Waals surface area contributed by atoms with Crippen LogP contribution < -0.4 is 0 Å². The van der Waals surface area contributed by atoms with Crippen molar-refractivity contribution in [2.75, 3.05) is 0 Å². The Hall–Kier alpha value is -1.56. The summed E-state index contributed by atoms with van der Waals surface area (Å²) in [6.45, 7) is 11.2. The summed E-state index contributed by atoms with van der Waals surface area (Å²) in [6.07, 6.45) is 0. The van der Waals surface area contributed by atoms with Gasteiger partial charge < -0.3 is 0 Å². The third-order valence-corrected chi connectivity index (χ3v) is 3.66. The van der Waals surface area contributed by atoms with E-state index in [1.807, 2.05) is 0 Å². The molecule has 0 nitrogen and oxygen atoms in total. The monoisotopic (exact) mass is 252 g/mol. The first-order chi connectivity index (χ1) is 8.88. The predicted octanol–water partition coefficient (Wildman–Crippen LogP) is 5.77. The number of hydrogen-bond acceptors (Lipinski definition) is 0. The largest absolute Gasteiger partial charge is 0.0587 e. The first-order valence-corrected chi connectivity index (χ1v) is 7.09. The Morgan fingerprint density at radius 3 is 1.47 bits per heavy atom. The fraction of sp³-hybridized carbons (Fsp3) is 0.368. The van der Waals surface area contributed by atoms with E-state index in [2.05, 4.69) is 83.1 Å². The topological polar surface area (TPSA) is 0 Å². The molecular weight excluding hydrogens is 228 g/mol. The lowest BCUT2D eigenvalue weighted by Gasteiger charge is -2.19. The van der Waals surface area contributed by atoms with Crippen molar-refractivity contribution in [3.05, 3.63) is 59.7 Å². The van der Waals surface area contributed by atoms with Crippen LogP contribution in [-0.2, 0) is 5.41 Å². The smallest absolute Gasteiger partial charge is 0.0132 e. The molecule has 0 fully saturated rings. The first-order valence-electron chi connectivity index (χ1n) is 7.09. The van der Waals surface area contributed by atoms with E-state index in [9.17, 15) is 0 Å². The molecule has 0 aliphatic heterocycles. The molecule has 0 atom stereocenters. The van der Waals surface area contributed by atoms with Crippen molar-refractivity contribution in [3.63, 3.8) is 0 Å². The van der Waals surface area contributed by atoms with Crippen LogP contribution in [-0.4, -0.2) is 0 Å². The van der Waals surface area contributed by atoms with Crippen molar-refractivity contribution < 1.29 is 0 Å².